The molecule has 1 fully saturated rings. The van der Waals surface area contributed by atoms with E-state index in [9.17, 15) is 18.9 Å². The molecule has 1 amide bonds. The van der Waals surface area contributed by atoms with Gasteiger partial charge in [0.25, 0.3) is 5.91 Å². The van der Waals surface area contributed by atoms with Crippen molar-refractivity contribution in [1.29, 1.82) is 0 Å². The van der Waals surface area contributed by atoms with E-state index in [1.54, 1.807) is 0 Å². The largest absolute Gasteiger partial charge is 0.530 e. The zero-order valence-electron chi connectivity index (χ0n) is 17.9. The summed E-state index contributed by atoms with van der Waals surface area (Å²) in [5.74, 6) is -6.62. The van der Waals surface area contributed by atoms with Gasteiger partial charge in [-0.25, -0.2) is 8.96 Å². The predicted octanol–water partition coefficient (Wildman–Crippen LogP) is 2.86. The van der Waals surface area contributed by atoms with E-state index < -0.39 is 56.5 Å². The molecule has 3 aliphatic rings. The van der Waals surface area contributed by atoms with Crippen LogP contribution < -0.4 is 9.84 Å². The minimum atomic E-state index is -4.74. The fourth-order valence-corrected chi connectivity index (χ4v) is 4.10. The maximum absolute atomic E-state index is 15.7. The SMILES string of the molecule is [2H]C([2H])(OP1(=O)OCc2cc(Cl)ccc2O1)[C@]1(F)C[C@@H](O)[C@]([2H])(N2C=C(F)C(=O)NC2=C)O1. The van der Waals surface area contributed by atoms with Crippen LogP contribution in [0.15, 0.2) is 42.6 Å². The number of halogens is 3. The molecule has 1 unspecified atom stereocenters. The van der Waals surface area contributed by atoms with Gasteiger partial charge in [-0.15, -0.1) is 0 Å². The van der Waals surface area contributed by atoms with Crippen molar-refractivity contribution >= 4 is 25.3 Å². The third-order valence-electron chi connectivity index (χ3n) is 4.17. The van der Waals surface area contributed by atoms with Gasteiger partial charge in [0.2, 0.25) is 11.7 Å². The van der Waals surface area contributed by atoms with Gasteiger partial charge >= 0.3 is 7.82 Å². The lowest BCUT2D eigenvalue weighted by Gasteiger charge is -2.33. The van der Waals surface area contributed by atoms with E-state index in [1.807, 2.05) is 5.32 Å². The van der Waals surface area contributed by atoms with Gasteiger partial charge in [0.1, 0.15) is 24.2 Å². The summed E-state index contributed by atoms with van der Waals surface area (Å²) in [6.45, 7) is -0.577. The zero-order chi connectivity index (χ0) is 24.4. The summed E-state index contributed by atoms with van der Waals surface area (Å²) in [5.41, 5.74) is 0.380. The number of hydrogen-bond donors (Lipinski definition) is 2. The van der Waals surface area contributed by atoms with Crippen LogP contribution in [0.5, 0.6) is 5.75 Å². The van der Waals surface area contributed by atoms with Crippen molar-refractivity contribution in [2.45, 2.75) is 31.2 Å². The summed E-state index contributed by atoms with van der Waals surface area (Å²) in [5, 5.41) is 12.6. The number of amides is 1. The quantitative estimate of drug-likeness (QED) is 0.651. The molecule has 4 rings (SSSR count). The molecular weight excluding hydrogens is 449 g/mol. The van der Waals surface area contributed by atoms with Gasteiger partial charge in [0, 0.05) is 23.2 Å². The number of carbonyl (C=O) groups is 1. The Morgan fingerprint density at radius 2 is 2.37 bits per heavy atom. The third kappa shape index (κ3) is 4.09. The average molecular weight is 468 g/mol. The Balaban J connectivity index is 1.58. The van der Waals surface area contributed by atoms with E-state index in [1.165, 1.54) is 18.2 Å². The van der Waals surface area contributed by atoms with E-state index in [4.69, 9.17) is 34.0 Å². The molecule has 0 bridgehead atoms. The van der Waals surface area contributed by atoms with Crippen molar-refractivity contribution in [3.05, 3.63) is 53.2 Å². The van der Waals surface area contributed by atoms with Gasteiger partial charge in [-0.2, -0.15) is 4.39 Å². The molecule has 162 valence electrons. The Labute approximate surface area is 178 Å². The summed E-state index contributed by atoms with van der Waals surface area (Å²) in [6, 6.07) is 4.19. The van der Waals surface area contributed by atoms with Crippen LogP contribution in [-0.4, -0.2) is 40.6 Å². The molecule has 9 nitrogen and oxygen atoms in total. The van der Waals surface area contributed by atoms with E-state index in [0.717, 1.165) is 0 Å². The van der Waals surface area contributed by atoms with Crippen LogP contribution in [-0.2, 0) is 29.8 Å². The number of fused-ring (bicyclic) bond motifs is 1. The molecule has 3 heterocycles. The molecule has 1 saturated heterocycles. The van der Waals surface area contributed by atoms with E-state index in [2.05, 4.69) is 6.58 Å². The number of carbonyl (C=O) groups excluding carboxylic acids is 1. The van der Waals surface area contributed by atoms with Crippen molar-refractivity contribution in [3.63, 3.8) is 0 Å². The minimum absolute atomic E-state index is 0.000810. The van der Waals surface area contributed by atoms with Crippen LogP contribution in [0.25, 0.3) is 0 Å². The second-order valence-electron chi connectivity index (χ2n) is 6.39. The number of aliphatic hydroxyl groups excluding tert-OH is 1. The van der Waals surface area contributed by atoms with Gasteiger partial charge in [-0.1, -0.05) is 18.2 Å². The van der Waals surface area contributed by atoms with Gasteiger partial charge in [0.15, 0.2) is 6.20 Å². The molecule has 4 atom stereocenters. The topological polar surface area (TPSA) is 107 Å². The number of alkyl halides is 1. The average Bonchev–Trinajstić information content (AvgIpc) is 2.95. The first kappa shape index (κ1) is 17.6. The zero-order valence-corrected chi connectivity index (χ0v) is 16.6. The fraction of sp³-hybridized carbons (Fsp3) is 0.353. The second kappa shape index (κ2) is 7.60. The minimum Gasteiger partial charge on any atom is -0.404 e. The summed E-state index contributed by atoms with van der Waals surface area (Å²) in [7, 11) is -4.74. The number of nitrogens with zero attached hydrogens (tertiary/aromatic N) is 1. The molecule has 0 spiro atoms. The van der Waals surface area contributed by atoms with Gasteiger partial charge < -0.3 is 24.6 Å². The Bertz CT molecular complexity index is 1130. The highest BCUT2D eigenvalue weighted by atomic mass is 35.5. The molecule has 3 aliphatic heterocycles. The van der Waals surface area contributed by atoms with Crippen LogP contribution >= 0.6 is 19.4 Å². The predicted molar refractivity (Wildman–Crippen MR) is 98.1 cm³/mol. The maximum Gasteiger partial charge on any atom is 0.530 e. The first-order valence-electron chi connectivity index (χ1n) is 9.85. The van der Waals surface area contributed by atoms with E-state index in [0.29, 0.717) is 21.7 Å². The number of rotatable bonds is 4. The fourth-order valence-electron chi connectivity index (χ4n) is 2.80. The molecule has 30 heavy (non-hydrogen) atoms. The lowest BCUT2D eigenvalue weighted by atomic mass is 10.1. The van der Waals surface area contributed by atoms with Crippen LogP contribution in [0, 0.1) is 0 Å². The molecular formula is C17H16ClF2N2O7P. The van der Waals surface area contributed by atoms with Gasteiger partial charge in [0.05, 0.1) is 10.7 Å². The van der Waals surface area contributed by atoms with Gasteiger partial charge in [-0.3, -0.25) is 13.8 Å². The molecule has 0 aromatic heterocycles. The highest BCUT2D eigenvalue weighted by molar-refractivity contribution is 7.49. The summed E-state index contributed by atoms with van der Waals surface area (Å²) in [4.78, 5) is 11.8. The summed E-state index contributed by atoms with van der Waals surface area (Å²) in [6.07, 6.45) is -5.74. The van der Waals surface area contributed by atoms with Crippen LogP contribution in [0.2, 0.25) is 5.02 Å². The molecule has 1 aromatic rings. The number of phosphoric ester groups is 1. The van der Waals surface area contributed by atoms with Crippen LogP contribution in [0.1, 0.15) is 16.1 Å². The lowest BCUT2D eigenvalue weighted by Crippen LogP contribution is -2.46. The molecule has 0 radical (unpaired) electrons. The Kier molecular flexibility index (Phi) is 4.47. The number of nitrogens with one attached hydrogen (secondary N) is 1. The first-order chi connectivity index (χ1) is 15.2. The van der Waals surface area contributed by atoms with Crippen molar-refractivity contribution in [1.82, 2.24) is 10.2 Å². The molecule has 1 aromatic carbocycles. The Hall–Kier alpha value is -2.01. The van der Waals surface area contributed by atoms with Crippen molar-refractivity contribution in [2.24, 2.45) is 0 Å². The van der Waals surface area contributed by atoms with E-state index >= 15 is 4.39 Å². The Morgan fingerprint density at radius 1 is 1.60 bits per heavy atom. The van der Waals surface area contributed by atoms with E-state index in [-0.39, 0.29) is 12.4 Å². The standard InChI is InChI=1S/C17H16ClF2N2O7P/c1-9-21-15(24)12(19)6-22(9)16-13(23)5-17(20,28-16)8-27-30(25)26-7-10-4-11(18)2-3-14(10)29-30/h2-4,6,13,16,23H,1,5,7-8H2,(H,21,24)/t13-,16-,17+,30?/m1/s1/i8D2,16D. The summed E-state index contributed by atoms with van der Waals surface area (Å²) >= 11 is 5.85. The van der Waals surface area contributed by atoms with Crippen molar-refractivity contribution in [3.8, 4) is 5.75 Å². The number of aliphatic hydroxyl groups is 1. The van der Waals surface area contributed by atoms with Gasteiger partial charge in [-0.05, 0) is 18.2 Å². The van der Waals surface area contributed by atoms with Crippen LogP contribution in [0.4, 0.5) is 8.78 Å². The second-order valence-corrected chi connectivity index (χ2v) is 8.35. The first-order valence-corrected chi connectivity index (χ1v) is 10.2. The molecule has 0 saturated carbocycles. The Morgan fingerprint density at radius 3 is 3.13 bits per heavy atom. The highest BCUT2D eigenvalue weighted by Crippen LogP contribution is 2.55. The lowest BCUT2D eigenvalue weighted by molar-refractivity contribution is -0.184. The third-order valence-corrected chi connectivity index (χ3v) is 5.59. The highest BCUT2D eigenvalue weighted by Gasteiger charge is 2.51. The number of phosphoric acid groups is 1. The molecule has 13 heteroatoms. The van der Waals surface area contributed by atoms with Crippen LogP contribution in [0.3, 0.4) is 0 Å². The normalized spacial score (nSPS) is 38.0. The summed E-state index contributed by atoms with van der Waals surface area (Å²) < 4.78 is 86.3. The smallest absolute Gasteiger partial charge is 0.404 e. The monoisotopic (exact) mass is 467 g/mol. The van der Waals surface area contributed by atoms with Crippen molar-refractivity contribution in [2.75, 3.05) is 6.56 Å². The molecule has 2 N–H and O–H groups in total. The molecule has 0 aliphatic carbocycles. The number of hydrogen-bond acceptors (Lipinski definition) is 8. The maximum atomic E-state index is 15.7. The number of benzene rings is 1. The number of ether oxygens (including phenoxy) is 1. The van der Waals surface area contributed by atoms with Crippen molar-refractivity contribution < 1.29 is 45.7 Å².